The van der Waals surface area contributed by atoms with Gasteiger partial charge in [-0.1, -0.05) is 6.07 Å². The van der Waals surface area contributed by atoms with Gasteiger partial charge in [0.25, 0.3) is 0 Å². The van der Waals surface area contributed by atoms with Crippen LogP contribution in [-0.4, -0.2) is 78.2 Å². The van der Waals surface area contributed by atoms with E-state index in [1.807, 2.05) is 0 Å². The first-order valence-corrected chi connectivity index (χ1v) is 9.66. The van der Waals surface area contributed by atoms with Crippen molar-refractivity contribution in [2.75, 3.05) is 6.61 Å². The zero-order valence-electron chi connectivity index (χ0n) is 16.7. The molecule has 0 amide bonds. The minimum absolute atomic E-state index is 0.231. The number of ether oxygens (including phenoxy) is 2. The maximum absolute atomic E-state index is 12.7. The fourth-order valence-corrected chi connectivity index (χ4v) is 3.55. The van der Waals surface area contributed by atoms with Gasteiger partial charge >= 0.3 is 0 Å². The Morgan fingerprint density at radius 2 is 1.61 bits per heavy atom. The molecule has 0 unspecified atom stereocenters. The maximum Gasteiger partial charge on any atom is 0.238 e. The number of phenols is 3. The van der Waals surface area contributed by atoms with Crippen LogP contribution >= 0.6 is 0 Å². The third-order valence-electron chi connectivity index (χ3n) is 5.31. The summed E-state index contributed by atoms with van der Waals surface area (Å²) in [5.74, 6) is -3.79. The lowest BCUT2D eigenvalue weighted by molar-refractivity contribution is -0.277. The van der Waals surface area contributed by atoms with Gasteiger partial charge in [-0.25, -0.2) is 0 Å². The number of aromatic hydroxyl groups is 4. The normalized spacial score (nSPS) is 25.3. The van der Waals surface area contributed by atoms with Crippen molar-refractivity contribution in [2.45, 2.75) is 30.7 Å². The van der Waals surface area contributed by atoms with E-state index in [4.69, 9.17) is 13.9 Å². The van der Waals surface area contributed by atoms with Gasteiger partial charge < -0.3 is 54.7 Å². The summed E-state index contributed by atoms with van der Waals surface area (Å²) in [6, 6.07) is 6.00. The second-order valence-corrected chi connectivity index (χ2v) is 7.38. The molecule has 0 spiro atoms. The summed E-state index contributed by atoms with van der Waals surface area (Å²) in [6.07, 6.45) is -8.02. The van der Waals surface area contributed by atoms with Gasteiger partial charge in [0, 0.05) is 0 Å². The molecule has 1 aliphatic rings. The van der Waals surface area contributed by atoms with E-state index in [-0.39, 0.29) is 16.9 Å². The molecule has 1 aliphatic heterocycles. The van der Waals surface area contributed by atoms with Crippen molar-refractivity contribution < 1.29 is 54.7 Å². The average Bonchev–Trinajstić information content (AvgIpc) is 2.79. The molecule has 5 atom stereocenters. The largest absolute Gasteiger partial charge is 0.507 e. The first-order chi connectivity index (χ1) is 15.6. The van der Waals surface area contributed by atoms with Gasteiger partial charge in [0.05, 0.1) is 6.61 Å². The van der Waals surface area contributed by atoms with Gasteiger partial charge in [0.15, 0.2) is 17.3 Å². The van der Waals surface area contributed by atoms with Crippen LogP contribution < -0.4 is 10.2 Å². The van der Waals surface area contributed by atoms with Crippen LogP contribution in [-0.2, 0) is 4.74 Å². The number of fused-ring (bicyclic) bond motifs is 1. The number of aliphatic hydroxyl groups is 4. The van der Waals surface area contributed by atoms with Gasteiger partial charge in [-0.2, -0.15) is 0 Å². The van der Waals surface area contributed by atoms with Crippen molar-refractivity contribution in [2.24, 2.45) is 0 Å². The molecule has 12 heteroatoms. The molecule has 33 heavy (non-hydrogen) atoms. The fraction of sp³-hybridized carbons (Fsp3) is 0.286. The van der Waals surface area contributed by atoms with Crippen LogP contribution in [0.1, 0.15) is 0 Å². The van der Waals surface area contributed by atoms with Crippen LogP contribution in [0, 0.1) is 0 Å². The minimum Gasteiger partial charge on any atom is -0.507 e. The van der Waals surface area contributed by atoms with Gasteiger partial charge in [0.2, 0.25) is 17.5 Å². The summed E-state index contributed by atoms with van der Waals surface area (Å²) in [7, 11) is 0. The Hall–Kier alpha value is -3.55. The molecule has 1 fully saturated rings. The molecule has 1 aromatic heterocycles. The van der Waals surface area contributed by atoms with Gasteiger partial charge in [-0.15, -0.1) is 0 Å². The fourth-order valence-electron chi connectivity index (χ4n) is 3.55. The van der Waals surface area contributed by atoms with Crippen molar-refractivity contribution in [3.8, 4) is 40.1 Å². The van der Waals surface area contributed by atoms with E-state index >= 15 is 0 Å². The molecule has 1 saturated heterocycles. The van der Waals surface area contributed by atoms with Gasteiger partial charge in [0.1, 0.15) is 52.4 Å². The molecular formula is C21H20O12. The van der Waals surface area contributed by atoms with Crippen molar-refractivity contribution in [1.82, 2.24) is 0 Å². The summed E-state index contributed by atoms with van der Waals surface area (Å²) < 4.78 is 16.4. The van der Waals surface area contributed by atoms with Crippen LogP contribution in [0.5, 0.6) is 28.7 Å². The quantitative estimate of drug-likeness (QED) is 0.229. The molecule has 4 rings (SSSR count). The maximum atomic E-state index is 12.7. The van der Waals surface area contributed by atoms with E-state index in [0.717, 1.165) is 12.1 Å². The molecule has 3 aromatic rings. The Kier molecular flexibility index (Phi) is 5.78. The lowest BCUT2D eigenvalue weighted by Crippen LogP contribution is -2.60. The van der Waals surface area contributed by atoms with E-state index in [0.29, 0.717) is 0 Å². The Bertz CT molecular complexity index is 1250. The van der Waals surface area contributed by atoms with Crippen LogP contribution in [0.15, 0.2) is 39.5 Å². The van der Waals surface area contributed by atoms with E-state index in [2.05, 4.69) is 0 Å². The second-order valence-electron chi connectivity index (χ2n) is 7.38. The summed E-state index contributed by atoms with van der Waals surface area (Å²) in [4.78, 5) is 12.7. The molecule has 0 saturated carbocycles. The Morgan fingerprint density at radius 1 is 0.879 bits per heavy atom. The zero-order valence-corrected chi connectivity index (χ0v) is 16.7. The van der Waals surface area contributed by atoms with Crippen LogP contribution in [0.4, 0.5) is 0 Å². The monoisotopic (exact) mass is 464 g/mol. The predicted octanol–water partition coefficient (Wildman–Crippen LogP) is -0.539. The SMILES string of the molecule is O=c1c(O)c(-c2c(O)cccc2O[C@@H]2O[C@H](CO)[C@@H](O)[C@H](O)[C@H]2O)oc2ccc(O)c(O)c12. The van der Waals surface area contributed by atoms with Crippen LogP contribution in [0.3, 0.4) is 0 Å². The highest BCUT2D eigenvalue weighted by molar-refractivity contribution is 5.90. The molecule has 12 nitrogen and oxygen atoms in total. The number of phenolic OH excluding ortho intramolecular Hbond substituents is 3. The zero-order chi connectivity index (χ0) is 24.0. The average molecular weight is 464 g/mol. The third-order valence-corrected chi connectivity index (χ3v) is 5.31. The van der Waals surface area contributed by atoms with Crippen LogP contribution in [0.2, 0.25) is 0 Å². The highest BCUT2D eigenvalue weighted by atomic mass is 16.7. The molecule has 0 bridgehead atoms. The summed E-state index contributed by atoms with van der Waals surface area (Å²) in [6.45, 7) is -0.700. The molecule has 2 heterocycles. The number of aliphatic hydroxyl groups excluding tert-OH is 4. The van der Waals surface area contributed by atoms with Gasteiger partial charge in [-0.05, 0) is 24.3 Å². The molecule has 8 N–H and O–H groups in total. The standard InChI is InChI=1S/C21H20O12/c22-6-11-15(26)17(28)19(30)21(33-11)32-9-3-1-2-7(23)12(9)20-18(29)16(27)13-10(31-20)5-4-8(24)14(13)25/h1-5,11,15,17,19,21-26,28-30H,6H2/t11-,15-,17+,19-,21-/m1/s1. The third kappa shape index (κ3) is 3.69. The molecule has 0 radical (unpaired) electrons. The lowest BCUT2D eigenvalue weighted by Gasteiger charge is -2.39. The first-order valence-electron chi connectivity index (χ1n) is 9.66. The van der Waals surface area contributed by atoms with E-state index in [1.165, 1.54) is 18.2 Å². The Balaban J connectivity index is 1.83. The highest BCUT2D eigenvalue weighted by Gasteiger charge is 2.45. The van der Waals surface area contributed by atoms with E-state index in [9.17, 15) is 45.6 Å². The van der Waals surface area contributed by atoms with Crippen molar-refractivity contribution in [3.05, 3.63) is 40.6 Å². The topological polar surface area (TPSA) is 211 Å². The minimum atomic E-state index is -1.77. The predicted molar refractivity (Wildman–Crippen MR) is 109 cm³/mol. The van der Waals surface area contributed by atoms with E-state index < -0.39 is 76.9 Å². The van der Waals surface area contributed by atoms with Crippen molar-refractivity contribution in [3.63, 3.8) is 0 Å². The van der Waals surface area contributed by atoms with Crippen molar-refractivity contribution >= 4 is 11.0 Å². The lowest BCUT2D eigenvalue weighted by atomic mass is 9.99. The summed E-state index contributed by atoms with van der Waals surface area (Å²) >= 11 is 0. The number of benzene rings is 2. The highest BCUT2D eigenvalue weighted by Crippen LogP contribution is 2.44. The van der Waals surface area contributed by atoms with Gasteiger partial charge in [-0.3, -0.25) is 4.79 Å². The number of hydrogen-bond donors (Lipinski definition) is 8. The second kappa shape index (κ2) is 8.42. The van der Waals surface area contributed by atoms with Crippen molar-refractivity contribution in [1.29, 1.82) is 0 Å². The molecular weight excluding hydrogens is 444 g/mol. The number of hydrogen-bond acceptors (Lipinski definition) is 12. The summed E-state index contributed by atoms with van der Waals surface area (Å²) in [5, 5.41) is 79.5. The molecule has 2 aromatic carbocycles. The van der Waals surface area contributed by atoms with Crippen LogP contribution in [0.25, 0.3) is 22.3 Å². The Labute approximate surface area is 184 Å². The molecule has 176 valence electrons. The smallest absolute Gasteiger partial charge is 0.238 e. The summed E-state index contributed by atoms with van der Waals surface area (Å²) in [5.41, 5.74) is -1.68. The molecule has 0 aliphatic carbocycles. The van der Waals surface area contributed by atoms with E-state index in [1.54, 1.807) is 0 Å². The first kappa shape index (κ1) is 22.6. The number of rotatable bonds is 4. The Morgan fingerprint density at radius 3 is 2.30 bits per heavy atom.